The van der Waals surface area contributed by atoms with Gasteiger partial charge >= 0.3 is 0 Å². The van der Waals surface area contributed by atoms with E-state index in [0.717, 1.165) is 38.0 Å². The van der Waals surface area contributed by atoms with Gasteiger partial charge in [0.1, 0.15) is 0 Å². The molecule has 25 heavy (non-hydrogen) atoms. The maximum atomic E-state index is 10.6. The lowest BCUT2D eigenvalue weighted by atomic mass is 10.00. The minimum absolute atomic E-state index is 0.239. The van der Waals surface area contributed by atoms with Gasteiger partial charge in [-0.1, -0.05) is 88.1 Å². The summed E-state index contributed by atoms with van der Waals surface area (Å²) in [5.41, 5.74) is 0. The summed E-state index contributed by atoms with van der Waals surface area (Å²) < 4.78 is 0. The monoisotopic (exact) mass is 364 g/mol. The van der Waals surface area contributed by atoms with Gasteiger partial charge in [0.2, 0.25) is 5.24 Å². The Bertz CT molecular complexity index is 418. The number of hydrogen-bond donors (Lipinski definition) is 0. The molecule has 0 aromatic rings. The van der Waals surface area contributed by atoms with E-state index >= 15 is 0 Å². The molecule has 0 aliphatic rings. The van der Waals surface area contributed by atoms with E-state index in [9.17, 15) is 4.79 Å². The summed E-state index contributed by atoms with van der Waals surface area (Å²) in [6, 6.07) is 0. The highest BCUT2D eigenvalue weighted by Crippen LogP contribution is 2.13. The first kappa shape index (κ1) is 23.9. The molecule has 0 spiro atoms. The smallest absolute Gasteiger partial charge is 0.221 e. The van der Waals surface area contributed by atoms with Crippen LogP contribution in [0.3, 0.4) is 0 Å². The summed E-state index contributed by atoms with van der Waals surface area (Å²) in [7, 11) is 0. The molecule has 0 heterocycles. The summed E-state index contributed by atoms with van der Waals surface area (Å²) >= 11 is 5.28. The Balaban J connectivity index is 3.51. The van der Waals surface area contributed by atoms with Crippen molar-refractivity contribution in [3.05, 3.63) is 48.6 Å². The van der Waals surface area contributed by atoms with Crippen molar-refractivity contribution in [3.8, 4) is 0 Å². The lowest BCUT2D eigenvalue weighted by molar-refractivity contribution is -0.111. The van der Waals surface area contributed by atoms with E-state index in [2.05, 4.69) is 62.5 Å². The Kier molecular flexibility index (Phi) is 18.4. The van der Waals surface area contributed by atoms with E-state index in [0.29, 0.717) is 6.42 Å². The van der Waals surface area contributed by atoms with Gasteiger partial charge < -0.3 is 0 Å². The molecule has 0 bridgehead atoms. The summed E-state index contributed by atoms with van der Waals surface area (Å²) in [5, 5.41) is -0.239. The fraction of sp³-hybridized carbons (Fsp3) is 0.609. The first-order chi connectivity index (χ1) is 12.2. The minimum Gasteiger partial charge on any atom is -0.281 e. The summed E-state index contributed by atoms with van der Waals surface area (Å²) in [5.74, 6) is 0.818. The number of carbonyl (C=O) groups is 1. The van der Waals surface area contributed by atoms with Crippen LogP contribution in [0.1, 0.15) is 84.5 Å². The Hall–Kier alpha value is -1.08. The van der Waals surface area contributed by atoms with E-state index in [4.69, 9.17) is 11.6 Å². The number of allylic oxidation sites excluding steroid dienone is 8. The Morgan fingerprint density at radius 3 is 1.96 bits per heavy atom. The van der Waals surface area contributed by atoms with Crippen molar-refractivity contribution >= 4 is 16.8 Å². The van der Waals surface area contributed by atoms with Crippen LogP contribution in [0.4, 0.5) is 0 Å². The van der Waals surface area contributed by atoms with Gasteiger partial charge in [-0.3, -0.25) is 4.79 Å². The highest BCUT2D eigenvalue weighted by atomic mass is 35.5. The van der Waals surface area contributed by atoms with Crippen LogP contribution in [0.2, 0.25) is 0 Å². The molecule has 142 valence electrons. The quantitative estimate of drug-likeness (QED) is 0.154. The molecule has 0 amide bonds. The second-order valence-electron chi connectivity index (χ2n) is 6.68. The van der Waals surface area contributed by atoms with Crippen molar-refractivity contribution < 1.29 is 4.79 Å². The van der Waals surface area contributed by atoms with Crippen molar-refractivity contribution in [2.24, 2.45) is 5.92 Å². The van der Waals surface area contributed by atoms with Gasteiger partial charge in [-0.05, 0) is 56.0 Å². The zero-order valence-electron chi connectivity index (χ0n) is 16.3. The standard InChI is InChI=1S/C23H37ClO/c1-3-4-16-19-22(2)20-17-14-12-10-8-6-5-7-9-11-13-15-18-21-23(24)25/h5,7-8,10-11,13-14,17,22H,3-4,6,9,12,15-16,18-21H2,1-2H3/b7-5-,10-8-,13-11-,17-14-. The zero-order chi connectivity index (χ0) is 18.6. The number of unbranched alkanes of at least 4 members (excludes halogenated alkanes) is 3. The van der Waals surface area contributed by atoms with E-state index in [-0.39, 0.29) is 5.24 Å². The highest BCUT2D eigenvalue weighted by molar-refractivity contribution is 6.63. The SMILES string of the molecule is CCCCCC(C)C/C=C\C/C=C\C/C=C\C/C=C\CCCC(=O)Cl. The normalized spacial score (nSPS) is 13.7. The molecular formula is C23H37ClO. The lowest BCUT2D eigenvalue weighted by Gasteiger charge is -2.06. The Morgan fingerprint density at radius 1 is 0.840 bits per heavy atom. The van der Waals surface area contributed by atoms with Crippen molar-refractivity contribution in [3.63, 3.8) is 0 Å². The van der Waals surface area contributed by atoms with Gasteiger partial charge in [-0.2, -0.15) is 0 Å². The van der Waals surface area contributed by atoms with Crippen LogP contribution in [0, 0.1) is 5.92 Å². The molecule has 1 atom stereocenters. The molecule has 0 aromatic heterocycles. The summed E-state index contributed by atoms with van der Waals surface area (Å²) in [6.07, 6.45) is 29.6. The lowest BCUT2D eigenvalue weighted by Crippen LogP contribution is -1.92. The van der Waals surface area contributed by atoms with Crippen LogP contribution in [0.15, 0.2) is 48.6 Å². The predicted molar refractivity (Wildman–Crippen MR) is 113 cm³/mol. The topological polar surface area (TPSA) is 17.1 Å². The summed E-state index contributed by atoms with van der Waals surface area (Å²) in [6.45, 7) is 4.62. The van der Waals surface area contributed by atoms with Gasteiger partial charge in [-0.25, -0.2) is 0 Å². The van der Waals surface area contributed by atoms with Gasteiger partial charge in [0.25, 0.3) is 0 Å². The zero-order valence-corrected chi connectivity index (χ0v) is 17.0. The Labute approximate surface area is 160 Å². The van der Waals surface area contributed by atoms with Crippen LogP contribution >= 0.6 is 11.6 Å². The van der Waals surface area contributed by atoms with Gasteiger partial charge in [0.05, 0.1) is 0 Å². The molecule has 0 aromatic carbocycles. The number of hydrogen-bond acceptors (Lipinski definition) is 1. The van der Waals surface area contributed by atoms with E-state index in [1.807, 2.05) is 0 Å². The molecule has 0 aliphatic heterocycles. The van der Waals surface area contributed by atoms with E-state index < -0.39 is 0 Å². The van der Waals surface area contributed by atoms with Gasteiger partial charge in [-0.15, -0.1) is 0 Å². The largest absolute Gasteiger partial charge is 0.281 e. The molecule has 0 aliphatic carbocycles. The maximum absolute atomic E-state index is 10.6. The maximum Gasteiger partial charge on any atom is 0.221 e. The first-order valence-electron chi connectivity index (χ1n) is 9.95. The number of carbonyl (C=O) groups excluding carboxylic acids is 1. The van der Waals surface area contributed by atoms with Crippen LogP contribution in [-0.4, -0.2) is 5.24 Å². The predicted octanol–water partition coefficient (Wildman–Crippen LogP) is 7.92. The van der Waals surface area contributed by atoms with E-state index in [1.54, 1.807) is 0 Å². The third kappa shape index (κ3) is 20.9. The third-order valence-electron chi connectivity index (χ3n) is 4.07. The average molecular weight is 365 g/mol. The molecule has 1 nitrogen and oxygen atoms in total. The fourth-order valence-electron chi connectivity index (χ4n) is 2.48. The number of rotatable bonds is 16. The van der Waals surface area contributed by atoms with Crippen LogP contribution < -0.4 is 0 Å². The van der Waals surface area contributed by atoms with Crippen molar-refractivity contribution in [1.29, 1.82) is 0 Å². The highest BCUT2D eigenvalue weighted by Gasteiger charge is 1.98. The second kappa shape index (κ2) is 19.2. The number of halogens is 1. The fourth-order valence-corrected chi connectivity index (χ4v) is 2.61. The van der Waals surface area contributed by atoms with Crippen LogP contribution in [-0.2, 0) is 4.79 Å². The van der Waals surface area contributed by atoms with Crippen molar-refractivity contribution in [2.75, 3.05) is 0 Å². The van der Waals surface area contributed by atoms with Crippen LogP contribution in [0.25, 0.3) is 0 Å². The minimum atomic E-state index is -0.239. The molecule has 0 fully saturated rings. The molecule has 0 saturated carbocycles. The molecule has 1 unspecified atom stereocenters. The Morgan fingerprint density at radius 2 is 1.40 bits per heavy atom. The second-order valence-corrected chi connectivity index (χ2v) is 7.10. The van der Waals surface area contributed by atoms with Crippen LogP contribution in [0.5, 0.6) is 0 Å². The summed E-state index contributed by atoms with van der Waals surface area (Å²) in [4.78, 5) is 10.6. The van der Waals surface area contributed by atoms with E-state index in [1.165, 1.54) is 32.1 Å². The first-order valence-corrected chi connectivity index (χ1v) is 10.3. The van der Waals surface area contributed by atoms with Gasteiger partial charge in [0, 0.05) is 6.42 Å². The molecular weight excluding hydrogens is 328 g/mol. The van der Waals surface area contributed by atoms with Gasteiger partial charge in [0.15, 0.2) is 0 Å². The third-order valence-corrected chi connectivity index (χ3v) is 4.26. The van der Waals surface area contributed by atoms with Crippen molar-refractivity contribution in [2.45, 2.75) is 84.5 Å². The molecule has 0 radical (unpaired) electrons. The molecule has 0 saturated heterocycles. The molecule has 0 N–H and O–H groups in total. The molecule has 2 heteroatoms. The average Bonchev–Trinajstić information content (AvgIpc) is 2.58. The molecule has 0 rings (SSSR count). The van der Waals surface area contributed by atoms with Crippen molar-refractivity contribution in [1.82, 2.24) is 0 Å².